The SMILES string of the molecule is Cc1ccc2c(c1)[C@@H](NC(=O)C1CCN(S(C)(=O)=O)CC1)CC(C)(C)O2. The van der Waals surface area contributed by atoms with Crippen LogP contribution in [0.1, 0.15) is 50.3 Å². The van der Waals surface area contributed by atoms with Crippen molar-refractivity contribution >= 4 is 15.9 Å². The topological polar surface area (TPSA) is 75.7 Å². The van der Waals surface area contributed by atoms with Gasteiger partial charge in [0.1, 0.15) is 11.4 Å². The Kier molecular flexibility index (Phi) is 5.05. The molecule has 144 valence electrons. The number of nitrogens with zero attached hydrogens (tertiary/aromatic N) is 1. The first-order valence-corrected chi connectivity index (χ1v) is 10.9. The number of sulfonamides is 1. The number of hydrogen-bond acceptors (Lipinski definition) is 4. The number of amides is 1. The van der Waals surface area contributed by atoms with Crippen LogP contribution in [-0.2, 0) is 14.8 Å². The van der Waals surface area contributed by atoms with Crippen LogP contribution in [0.2, 0.25) is 0 Å². The molecule has 3 rings (SSSR count). The fraction of sp³-hybridized carbons (Fsp3) is 0.632. The van der Waals surface area contributed by atoms with E-state index in [1.54, 1.807) is 0 Å². The molecule has 0 aliphatic carbocycles. The number of aryl methyl sites for hydroxylation is 1. The third-order valence-electron chi connectivity index (χ3n) is 5.23. The van der Waals surface area contributed by atoms with Crippen LogP contribution < -0.4 is 10.1 Å². The summed E-state index contributed by atoms with van der Waals surface area (Å²) in [6.45, 7) is 6.90. The highest BCUT2D eigenvalue weighted by Crippen LogP contribution is 2.40. The first-order chi connectivity index (χ1) is 12.0. The molecule has 1 fully saturated rings. The van der Waals surface area contributed by atoms with E-state index in [1.165, 1.54) is 10.6 Å². The number of carbonyl (C=O) groups is 1. The van der Waals surface area contributed by atoms with Gasteiger partial charge >= 0.3 is 0 Å². The van der Waals surface area contributed by atoms with Crippen LogP contribution in [0, 0.1) is 12.8 Å². The molecule has 2 aliphatic heterocycles. The molecule has 7 heteroatoms. The van der Waals surface area contributed by atoms with Crippen LogP contribution in [0.5, 0.6) is 5.75 Å². The second kappa shape index (κ2) is 6.85. The Bertz CT molecular complexity index is 796. The Morgan fingerprint density at radius 3 is 2.54 bits per heavy atom. The first kappa shape index (κ1) is 19.2. The molecule has 1 aromatic rings. The molecule has 1 saturated heterocycles. The third-order valence-corrected chi connectivity index (χ3v) is 6.54. The molecule has 1 atom stereocenters. The third kappa shape index (κ3) is 4.20. The molecule has 1 amide bonds. The number of benzene rings is 1. The van der Waals surface area contributed by atoms with Crippen molar-refractivity contribution in [2.24, 2.45) is 5.92 Å². The smallest absolute Gasteiger partial charge is 0.223 e. The molecule has 0 spiro atoms. The number of hydrogen-bond donors (Lipinski definition) is 1. The zero-order valence-electron chi connectivity index (χ0n) is 15.9. The minimum absolute atomic E-state index is 0.00769. The molecule has 0 aromatic heterocycles. The van der Waals surface area contributed by atoms with Gasteiger partial charge < -0.3 is 10.1 Å². The summed E-state index contributed by atoms with van der Waals surface area (Å²) in [7, 11) is -3.18. The van der Waals surface area contributed by atoms with E-state index < -0.39 is 10.0 Å². The van der Waals surface area contributed by atoms with Gasteiger partial charge in [0.25, 0.3) is 0 Å². The summed E-state index contributed by atoms with van der Waals surface area (Å²) in [4.78, 5) is 12.8. The van der Waals surface area contributed by atoms with Crippen molar-refractivity contribution in [1.82, 2.24) is 9.62 Å². The second-order valence-corrected chi connectivity index (χ2v) is 10.1. The van der Waals surface area contributed by atoms with Gasteiger partial charge in [-0.25, -0.2) is 12.7 Å². The maximum absolute atomic E-state index is 12.8. The molecule has 2 aliphatic rings. The minimum Gasteiger partial charge on any atom is -0.487 e. The lowest BCUT2D eigenvalue weighted by atomic mass is 9.88. The van der Waals surface area contributed by atoms with Crippen LogP contribution in [0.3, 0.4) is 0 Å². The van der Waals surface area contributed by atoms with Gasteiger partial charge in [-0.05, 0) is 39.7 Å². The lowest BCUT2D eigenvalue weighted by Gasteiger charge is -2.39. The van der Waals surface area contributed by atoms with Gasteiger partial charge in [0, 0.05) is 31.0 Å². The van der Waals surface area contributed by atoms with Gasteiger partial charge in [-0.15, -0.1) is 0 Å². The summed E-state index contributed by atoms with van der Waals surface area (Å²) in [5.74, 6) is 0.685. The van der Waals surface area contributed by atoms with Crippen molar-refractivity contribution in [3.63, 3.8) is 0 Å². The van der Waals surface area contributed by atoms with Crippen LogP contribution in [0.25, 0.3) is 0 Å². The Balaban J connectivity index is 1.71. The maximum atomic E-state index is 12.8. The van der Waals surface area contributed by atoms with Crippen LogP contribution >= 0.6 is 0 Å². The van der Waals surface area contributed by atoms with E-state index in [4.69, 9.17) is 4.74 Å². The monoisotopic (exact) mass is 380 g/mol. The minimum atomic E-state index is -3.18. The predicted octanol–water partition coefficient (Wildman–Crippen LogP) is 2.39. The number of piperidine rings is 1. The highest BCUT2D eigenvalue weighted by atomic mass is 32.2. The van der Waals surface area contributed by atoms with Gasteiger partial charge in [-0.2, -0.15) is 0 Å². The highest BCUT2D eigenvalue weighted by Gasteiger charge is 2.36. The predicted molar refractivity (Wildman–Crippen MR) is 101 cm³/mol. The Morgan fingerprint density at radius 1 is 1.27 bits per heavy atom. The molecule has 6 nitrogen and oxygen atoms in total. The van der Waals surface area contributed by atoms with E-state index in [1.807, 2.05) is 32.9 Å². The van der Waals surface area contributed by atoms with Crippen molar-refractivity contribution in [3.8, 4) is 5.75 Å². The van der Waals surface area contributed by atoms with Crippen molar-refractivity contribution in [2.45, 2.75) is 51.7 Å². The van der Waals surface area contributed by atoms with E-state index in [9.17, 15) is 13.2 Å². The van der Waals surface area contributed by atoms with Crippen molar-refractivity contribution in [2.75, 3.05) is 19.3 Å². The summed E-state index contributed by atoms with van der Waals surface area (Å²) < 4.78 is 30.8. The number of rotatable bonds is 3. The van der Waals surface area contributed by atoms with Gasteiger partial charge in [0.2, 0.25) is 15.9 Å². The first-order valence-electron chi connectivity index (χ1n) is 9.10. The quantitative estimate of drug-likeness (QED) is 0.874. The molecular weight excluding hydrogens is 352 g/mol. The van der Waals surface area contributed by atoms with E-state index in [-0.39, 0.29) is 23.5 Å². The van der Waals surface area contributed by atoms with Crippen molar-refractivity contribution in [1.29, 1.82) is 0 Å². The average molecular weight is 381 g/mol. The van der Waals surface area contributed by atoms with Crippen molar-refractivity contribution in [3.05, 3.63) is 29.3 Å². The summed E-state index contributed by atoms with van der Waals surface area (Å²) in [5, 5.41) is 3.19. The lowest BCUT2D eigenvalue weighted by molar-refractivity contribution is -0.127. The van der Waals surface area contributed by atoms with E-state index in [0.717, 1.165) is 16.9 Å². The molecule has 0 radical (unpaired) electrons. The van der Waals surface area contributed by atoms with E-state index in [2.05, 4.69) is 11.4 Å². The molecule has 0 saturated carbocycles. The summed E-state index contributed by atoms with van der Waals surface area (Å²) in [5.41, 5.74) is 1.80. The van der Waals surface area contributed by atoms with Crippen LogP contribution in [0.15, 0.2) is 18.2 Å². The standard InChI is InChI=1S/C19H28N2O4S/c1-13-5-6-17-15(11-13)16(12-19(2,3)25-17)20-18(22)14-7-9-21(10-8-14)26(4,23)24/h5-6,11,14,16H,7-10,12H2,1-4H3,(H,20,22)/t16-/m0/s1. The average Bonchev–Trinajstić information content (AvgIpc) is 2.54. The van der Waals surface area contributed by atoms with E-state index in [0.29, 0.717) is 32.4 Å². The number of nitrogens with one attached hydrogen (secondary N) is 1. The highest BCUT2D eigenvalue weighted by molar-refractivity contribution is 7.88. The van der Waals surface area contributed by atoms with Gasteiger partial charge in [-0.1, -0.05) is 17.7 Å². The lowest BCUT2D eigenvalue weighted by Crippen LogP contribution is -2.46. The summed E-state index contributed by atoms with van der Waals surface area (Å²) in [6, 6.07) is 5.96. The normalized spacial score (nSPS) is 23.8. The number of fused-ring (bicyclic) bond motifs is 1. The van der Waals surface area contributed by atoms with Crippen molar-refractivity contribution < 1.29 is 17.9 Å². The molecule has 26 heavy (non-hydrogen) atoms. The van der Waals surface area contributed by atoms with Gasteiger partial charge in [0.05, 0.1) is 12.3 Å². The Labute approximate surface area is 156 Å². The number of carbonyl (C=O) groups excluding carboxylic acids is 1. The largest absolute Gasteiger partial charge is 0.487 e. The maximum Gasteiger partial charge on any atom is 0.223 e. The Hall–Kier alpha value is -1.60. The second-order valence-electron chi connectivity index (χ2n) is 8.10. The molecule has 1 aromatic carbocycles. The molecule has 0 unspecified atom stereocenters. The molecular formula is C19H28N2O4S. The zero-order chi connectivity index (χ0) is 19.1. The fourth-order valence-electron chi connectivity index (χ4n) is 3.84. The number of ether oxygens (including phenoxy) is 1. The van der Waals surface area contributed by atoms with E-state index >= 15 is 0 Å². The molecule has 2 heterocycles. The summed E-state index contributed by atoms with van der Waals surface area (Å²) in [6.07, 6.45) is 3.05. The molecule has 1 N–H and O–H groups in total. The van der Waals surface area contributed by atoms with Crippen LogP contribution in [-0.4, -0.2) is 43.6 Å². The zero-order valence-corrected chi connectivity index (χ0v) is 16.7. The van der Waals surface area contributed by atoms with Gasteiger partial charge in [-0.3, -0.25) is 4.79 Å². The summed E-state index contributed by atoms with van der Waals surface area (Å²) >= 11 is 0. The Morgan fingerprint density at radius 2 is 1.92 bits per heavy atom. The fourth-order valence-corrected chi connectivity index (χ4v) is 4.72. The molecule has 0 bridgehead atoms. The van der Waals surface area contributed by atoms with Gasteiger partial charge in [0.15, 0.2) is 0 Å². The van der Waals surface area contributed by atoms with Crippen LogP contribution in [0.4, 0.5) is 0 Å².